The molecule has 0 aliphatic carbocycles. The molecule has 0 saturated carbocycles. The molecule has 4 rings (SSSR count). The molecule has 1 fully saturated rings. The van der Waals surface area contributed by atoms with Gasteiger partial charge in [-0.25, -0.2) is 0 Å². The second kappa shape index (κ2) is 8.97. The summed E-state index contributed by atoms with van der Waals surface area (Å²) in [4.78, 5) is 12.3. The Kier molecular flexibility index (Phi) is 5.97. The Labute approximate surface area is 164 Å². The predicted molar refractivity (Wildman–Crippen MR) is 104 cm³/mol. The molecular weight excluding hydrogens is 358 g/mol. The summed E-state index contributed by atoms with van der Waals surface area (Å²) in [5, 5.41) is 2.95. The average Bonchev–Trinajstić information content (AvgIpc) is 3.26. The van der Waals surface area contributed by atoms with Crippen LogP contribution in [0.4, 0.5) is 0 Å². The first-order chi connectivity index (χ1) is 13.8. The maximum absolute atomic E-state index is 12.3. The molecule has 2 heterocycles. The van der Waals surface area contributed by atoms with Gasteiger partial charge in [0.25, 0.3) is 5.91 Å². The van der Waals surface area contributed by atoms with Gasteiger partial charge in [-0.15, -0.1) is 0 Å². The maximum atomic E-state index is 12.3. The summed E-state index contributed by atoms with van der Waals surface area (Å²) in [7, 11) is 0. The molecule has 0 unspecified atom stereocenters. The van der Waals surface area contributed by atoms with Crippen molar-refractivity contribution in [2.45, 2.75) is 25.4 Å². The molecule has 148 valence electrons. The zero-order valence-corrected chi connectivity index (χ0v) is 15.8. The van der Waals surface area contributed by atoms with Gasteiger partial charge in [-0.1, -0.05) is 6.07 Å². The van der Waals surface area contributed by atoms with E-state index < -0.39 is 0 Å². The van der Waals surface area contributed by atoms with E-state index in [9.17, 15) is 4.79 Å². The molecule has 2 aliphatic rings. The van der Waals surface area contributed by atoms with Crippen molar-refractivity contribution in [2.24, 2.45) is 0 Å². The lowest BCUT2D eigenvalue weighted by molar-refractivity contribution is 0.0679. The second-order valence-corrected chi connectivity index (χ2v) is 6.95. The molecule has 0 aromatic heterocycles. The molecule has 0 radical (unpaired) electrons. The van der Waals surface area contributed by atoms with Crippen LogP contribution in [0.25, 0.3) is 0 Å². The van der Waals surface area contributed by atoms with Crippen molar-refractivity contribution in [2.75, 3.05) is 33.0 Å². The van der Waals surface area contributed by atoms with E-state index in [2.05, 4.69) is 5.32 Å². The maximum Gasteiger partial charge on any atom is 0.251 e. The van der Waals surface area contributed by atoms with Crippen LogP contribution in [0, 0.1) is 0 Å². The van der Waals surface area contributed by atoms with Crippen LogP contribution >= 0.6 is 0 Å². The molecule has 6 heteroatoms. The number of carbonyl (C=O) groups is 1. The molecule has 2 aromatic carbocycles. The largest absolute Gasteiger partial charge is 0.491 e. The first kappa shape index (κ1) is 18.6. The molecule has 2 aromatic rings. The van der Waals surface area contributed by atoms with Gasteiger partial charge in [0.2, 0.25) is 0 Å². The number of hydrogen-bond donors (Lipinski definition) is 1. The van der Waals surface area contributed by atoms with Crippen molar-refractivity contribution in [3.63, 3.8) is 0 Å². The number of nitrogens with one attached hydrogen (secondary N) is 1. The van der Waals surface area contributed by atoms with E-state index in [1.807, 2.05) is 30.3 Å². The van der Waals surface area contributed by atoms with E-state index in [1.165, 1.54) is 0 Å². The molecule has 6 nitrogen and oxygen atoms in total. The lowest BCUT2D eigenvalue weighted by atomic mass is 10.1. The molecular formula is C22H25NO5. The van der Waals surface area contributed by atoms with Crippen LogP contribution in [0.15, 0.2) is 42.5 Å². The van der Waals surface area contributed by atoms with E-state index in [-0.39, 0.29) is 12.0 Å². The highest BCUT2D eigenvalue weighted by Crippen LogP contribution is 2.30. The summed E-state index contributed by atoms with van der Waals surface area (Å²) in [6, 6.07) is 13.1. The van der Waals surface area contributed by atoms with Crippen molar-refractivity contribution in [3.05, 3.63) is 53.6 Å². The van der Waals surface area contributed by atoms with Crippen molar-refractivity contribution in [1.29, 1.82) is 0 Å². The number of amides is 1. The monoisotopic (exact) mass is 383 g/mol. The van der Waals surface area contributed by atoms with Crippen LogP contribution in [0.1, 0.15) is 28.8 Å². The highest BCUT2D eigenvalue weighted by molar-refractivity contribution is 5.94. The highest BCUT2D eigenvalue weighted by atomic mass is 16.6. The Morgan fingerprint density at radius 3 is 2.64 bits per heavy atom. The van der Waals surface area contributed by atoms with Crippen molar-refractivity contribution >= 4 is 5.91 Å². The van der Waals surface area contributed by atoms with Crippen LogP contribution < -0.4 is 19.5 Å². The van der Waals surface area contributed by atoms with E-state index in [4.69, 9.17) is 18.9 Å². The van der Waals surface area contributed by atoms with Crippen LogP contribution in [-0.4, -0.2) is 45.0 Å². The quantitative estimate of drug-likeness (QED) is 0.796. The zero-order chi connectivity index (χ0) is 19.2. The van der Waals surface area contributed by atoms with E-state index >= 15 is 0 Å². The van der Waals surface area contributed by atoms with Gasteiger partial charge in [-0.3, -0.25) is 4.79 Å². The molecule has 1 N–H and O–H groups in total. The minimum Gasteiger partial charge on any atom is -0.491 e. The summed E-state index contributed by atoms with van der Waals surface area (Å²) in [5.41, 5.74) is 1.72. The summed E-state index contributed by atoms with van der Waals surface area (Å²) in [6.45, 7) is 3.08. The van der Waals surface area contributed by atoms with Gasteiger partial charge >= 0.3 is 0 Å². The fraction of sp³-hybridized carbons (Fsp3) is 0.409. The van der Waals surface area contributed by atoms with Crippen molar-refractivity contribution in [3.8, 4) is 17.2 Å². The second-order valence-electron chi connectivity index (χ2n) is 6.95. The Bertz CT molecular complexity index is 799. The SMILES string of the molecule is O=C(NCCc1ccc2c(c1)OCCO2)c1ccc(OC[C@@H]2CCCO2)cc1. The van der Waals surface area contributed by atoms with Gasteiger partial charge in [0.15, 0.2) is 11.5 Å². The van der Waals surface area contributed by atoms with Crippen molar-refractivity contribution in [1.82, 2.24) is 5.32 Å². The fourth-order valence-electron chi connectivity index (χ4n) is 3.33. The third kappa shape index (κ3) is 4.75. The number of rotatable bonds is 7. The Morgan fingerprint density at radius 1 is 1.04 bits per heavy atom. The number of carbonyl (C=O) groups excluding carboxylic acids is 1. The minimum atomic E-state index is -0.0942. The average molecular weight is 383 g/mol. The standard InChI is InChI=1S/C22H25NO5/c24-22(17-4-6-18(7-5-17)28-15-19-2-1-11-25-19)23-10-9-16-3-8-20-21(14-16)27-13-12-26-20/h3-8,14,19H,1-2,9-13,15H2,(H,23,24)/t19-/m0/s1. The van der Waals surface area contributed by atoms with Gasteiger partial charge in [-0.2, -0.15) is 0 Å². The smallest absolute Gasteiger partial charge is 0.251 e. The van der Waals surface area contributed by atoms with E-state index in [0.29, 0.717) is 31.9 Å². The Balaban J connectivity index is 1.23. The normalized spacial score (nSPS) is 17.9. The number of hydrogen-bond acceptors (Lipinski definition) is 5. The molecule has 1 atom stereocenters. The molecule has 1 amide bonds. The lowest BCUT2D eigenvalue weighted by Crippen LogP contribution is -2.25. The van der Waals surface area contributed by atoms with Crippen molar-refractivity contribution < 1.29 is 23.7 Å². The highest BCUT2D eigenvalue weighted by Gasteiger charge is 2.16. The summed E-state index contributed by atoms with van der Waals surface area (Å²) >= 11 is 0. The molecule has 0 bridgehead atoms. The first-order valence-corrected chi connectivity index (χ1v) is 9.79. The van der Waals surface area contributed by atoms with Crippen LogP contribution in [-0.2, 0) is 11.2 Å². The summed E-state index contributed by atoms with van der Waals surface area (Å²) in [5.74, 6) is 2.21. The van der Waals surface area contributed by atoms with E-state index in [0.717, 1.165) is 48.7 Å². The summed E-state index contributed by atoms with van der Waals surface area (Å²) in [6.07, 6.45) is 3.05. The predicted octanol–water partition coefficient (Wildman–Crippen LogP) is 2.99. The number of fused-ring (bicyclic) bond motifs is 1. The topological polar surface area (TPSA) is 66.0 Å². The molecule has 0 spiro atoms. The Morgan fingerprint density at radius 2 is 1.86 bits per heavy atom. The third-order valence-electron chi connectivity index (χ3n) is 4.88. The third-order valence-corrected chi connectivity index (χ3v) is 4.88. The number of benzene rings is 2. The molecule has 28 heavy (non-hydrogen) atoms. The van der Waals surface area contributed by atoms with Gasteiger partial charge in [0.1, 0.15) is 25.6 Å². The Hall–Kier alpha value is -2.73. The van der Waals surface area contributed by atoms with Crippen LogP contribution in [0.2, 0.25) is 0 Å². The van der Waals surface area contributed by atoms with E-state index in [1.54, 1.807) is 12.1 Å². The van der Waals surface area contributed by atoms with Crippen LogP contribution in [0.5, 0.6) is 17.2 Å². The zero-order valence-electron chi connectivity index (χ0n) is 15.8. The first-order valence-electron chi connectivity index (χ1n) is 9.79. The fourth-order valence-corrected chi connectivity index (χ4v) is 3.33. The molecule has 1 saturated heterocycles. The van der Waals surface area contributed by atoms with Gasteiger partial charge < -0.3 is 24.3 Å². The summed E-state index contributed by atoms with van der Waals surface area (Å²) < 4.78 is 22.4. The van der Waals surface area contributed by atoms with Gasteiger partial charge in [-0.05, 0) is 61.2 Å². The minimum absolute atomic E-state index is 0.0942. The molecule has 2 aliphatic heterocycles. The van der Waals surface area contributed by atoms with Gasteiger partial charge in [0.05, 0.1) is 6.10 Å². The number of ether oxygens (including phenoxy) is 4. The van der Waals surface area contributed by atoms with Crippen LogP contribution in [0.3, 0.4) is 0 Å². The lowest BCUT2D eigenvalue weighted by Gasteiger charge is -2.18. The van der Waals surface area contributed by atoms with Gasteiger partial charge in [0, 0.05) is 18.7 Å².